The maximum atomic E-state index is 5.40. The molecular formula is C14H20N2O2S. The molecule has 0 aliphatic carbocycles. The SMILES string of the molecule is COCc1nc(-c2ccco2)sc1CNCC(C)C. The number of rotatable bonds is 7. The van der Waals surface area contributed by atoms with Gasteiger partial charge in [0.1, 0.15) is 0 Å². The lowest BCUT2D eigenvalue weighted by Gasteiger charge is -2.06. The van der Waals surface area contributed by atoms with Crippen molar-refractivity contribution >= 4 is 11.3 Å². The quantitative estimate of drug-likeness (QED) is 0.845. The fourth-order valence-electron chi connectivity index (χ4n) is 1.75. The van der Waals surface area contributed by atoms with Crippen LogP contribution in [0.25, 0.3) is 10.8 Å². The molecule has 5 heteroatoms. The van der Waals surface area contributed by atoms with Gasteiger partial charge in [-0.1, -0.05) is 13.8 Å². The first kappa shape index (κ1) is 14.2. The van der Waals surface area contributed by atoms with Crippen LogP contribution >= 0.6 is 11.3 Å². The van der Waals surface area contributed by atoms with Crippen LogP contribution in [0.4, 0.5) is 0 Å². The van der Waals surface area contributed by atoms with E-state index in [1.165, 1.54) is 4.88 Å². The standard InChI is InChI=1S/C14H20N2O2S/c1-10(2)7-15-8-13-11(9-17-3)16-14(19-13)12-5-4-6-18-12/h4-6,10,15H,7-9H2,1-3H3. The van der Waals surface area contributed by atoms with Crippen LogP contribution in [0, 0.1) is 5.92 Å². The van der Waals surface area contributed by atoms with E-state index in [1.54, 1.807) is 24.7 Å². The first-order valence-electron chi connectivity index (χ1n) is 6.42. The minimum atomic E-state index is 0.538. The van der Waals surface area contributed by atoms with E-state index in [1.807, 2.05) is 12.1 Å². The summed E-state index contributed by atoms with van der Waals surface area (Å²) in [6, 6.07) is 3.81. The van der Waals surface area contributed by atoms with Crippen molar-refractivity contribution in [1.82, 2.24) is 10.3 Å². The predicted molar refractivity (Wildman–Crippen MR) is 77.1 cm³/mol. The van der Waals surface area contributed by atoms with E-state index >= 15 is 0 Å². The molecular weight excluding hydrogens is 260 g/mol. The largest absolute Gasteiger partial charge is 0.462 e. The van der Waals surface area contributed by atoms with Crippen molar-refractivity contribution in [2.75, 3.05) is 13.7 Å². The molecule has 0 saturated carbocycles. The highest BCUT2D eigenvalue weighted by Gasteiger charge is 2.13. The van der Waals surface area contributed by atoms with Gasteiger partial charge in [0.15, 0.2) is 10.8 Å². The minimum absolute atomic E-state index is 0.538. The molecule has 2 aromatic rings. The average Bonchev–Trinajstić information content (AvgIpc) is 2.98. The Morgan fingerprint density at radius 3 is 2.95 bits per heavy atom. The topological polar surface area (TPSA) is 47.3 Å². The molecule has 0 spiro atoms. The van der Waals surface area contributed by atoms with E-state index in [0.717, 1.165) is 29.6 Å². The Hall–Kier alpha value is -1.17. The number of hydrogen-bond acceptors (Lipinski definition) is 5. The summed E-state index contributed by atoms with van der Waals surface area (Å²) in [6.45, 7) is 6.76. The predicted octanol–water partition coefficient (Wildman–Crippen LogP) is 3.30. The molecule has 104 valence electrons. The number of thiazole rings is 1. The second kappa shape index (κ2) is 6.84. The van der Waals surface area contributed by atoms with Gasteiger partial charge < -0.3 is 14.5 Å². The van der Waals surface area contributed by atoms with E-state index in [0.29, 0.717) is 12.5 Å². The Bertz CT molecular complexity index is 492. The Morgan fingerprint density at radius 2 is 2.32 bits per heavy atom. The van der Waals surface area contributed by atoms with Crippen molar-refractivity contribution < 1.29 is 9.15 Å². The Morgan fingerprint density at radius 1 is 1.47 bits per heavy atom. The molecule has 0 saturated heterocycles. The molecule has 2 rings (SSSR count). The van der Waals surface area contributed by atoms with Crippen LogP contribution in [-0.4, -0.2) is 18.6 Å². The maximum absolute atomic E-state index is 5.40. The van der Waals surface area contributed by atoms with Crippen LogP contribution in [0.5, 0.6) is 0 Å². The molecule has 2 heterocycles. The lowest BCUT2D eigenvalue weighted by atomic mass is 10.2. The van der Waals surface area contributed by atoms with E-state index in [-0.39, 0.29) is 0 Å². The third-order valence-electron chi connectivity index (χ3n) is 2.63. The first-order chi connectivity index (χ1) is 9.20. The van der Waals surface area contributed by atoms with Gasteiger partial charge in [0.05, 0.1) is 18.6 Å². The van der Waals surface area contributed by atoms with Crippen molar-refractivity contribution in [1.29, 1.82) is 0 Å². The van der Waals surface area contributed by atoms with Crippen LogP contribution < -0.4 is 5.32 Å². The maximum Gasteiger partial charge on any atom is 0.162 e. The Labute approximate surface area is 117 Å². The normalized spacial score (nSPS) is 11.4. The second-order valence-corrected chi connectivity index (χ2v) is 5.91. The van der Waals surface area contributed by atoms with E-state index < -0.39 is 0 Å². The number of nitrogens with one attached hydrogen (secondary N) is 1. The highest BCUT2D eigenvalue weighted by atomic mass is 32.1. The summed E-state index contributed by atoms with van der Waals surface area (Å²) in [5.41, 5.74) is 0.996. The van der Waals surface area contributed by atoms with Crippen molar-refractivity contribution in [2.24, 2.45) is 5.92 Å². The summed E-state index contributed by atoms with van der Waals surface area (Å²) < 4.78 is 10.6. The molecule has 0 atom stereocenters. The van der Waals surface area contributed by atoms with Gasteiger partial charge in [-0.3, -0.25) is 0 Å². The lowest BCUT2D eigenvalue weighted by molar-refractivity contribution is 0.181. The van der Waals surface area contributed by atoms with E-state index in [2.05, 4.69) is 24.1 Å². The van der Waals surface area contributed by atoms with Gasteiger partial charge >= 0.3 is 0 Å². The van der Waals surface area contributed by atoms with Gasteiger partial charge in [0, 0.05) is 18.5 Å². The summed E-state index contributed by atoms with van der Waals surface area (Å²) in [5.74, 6) is 1.46. The van der Waals surface area contributed by atoms with Crippen molar-refractivity contribution in [2.45, 2.75) is 27.0 Å². The molecule has 0 bridgehead atoms. The molecule has 0 aliphatic rings. The van der Waals surface area contributed by atoms with Gasteiger partial charge in [-0.2, -0.15) is 0 Å². The summed E-state index contributed by atoms with van der Waals surface area (Å²) >= 11 is 1.66. The zero-order valence-electron chi connectivity index (χ0n) is 11.6. The van der Waals surface area contributed by atoms with Gasteiger partial charge in [-0.25, -0.2) is 4.98 Å². The number of aromatic nitrogens is 1. The molecule has 19 heavy (non-hydrogen) atoms. The van der Waals surface area contributed by atoms with Crippen LogP contribution in [0.2, 0.25) is 0 Å². The lowest BCUT2D eigenvalue weighted by Crippen LogP contribution is -2.19. The first-order valence-corrected chi connectivity index (χ1v) is 7.24. The number of furan rings is 1. The van der Waals surface area contributed by atoms with Gasteiger partial charge in [0.25, 0.3) is 0 Å². The molecule has 0 aliphatic heterocycles. The third kappa shape index (κ3) is 3.89. The number of nitrogens with zero attached hydrogens (tertiary/aromatic N) is 1. The number of ether oxygens (including phenoxy) is 1. The smallest absolute Gasteiger partial charge is 0.162 e. The Kier molecular flexibility index (Phi) is 5.13. The molecule has 0 amide bonds. The summed E-state index contributed by atoms with van der Waals surface area (Å²) in [4.78, 5) is 5.82. The fourth-order valence-corrected chi connectivity index (χ4v) is 2.75. The summed E-state index contributed by atoms with van der Waals surface area (Å²) in [6.07, 6.45) is 1.67. The van der Waals surface area contributed by atoms with Crippen LogP contribution in [0.3, 0.4) is 0 Å². The molecule has 1 N–H and O–H groups in total. The molecule has 0 fully saturated rings. The fraction of sp³-hybridized carbons (Fsp3) is 0.500. The monoisotopic (exact) mass is 280 g/mol. The van der Waals surface area contributed by atoms with Crippen molar-refractivity contribution in [3.05, 3.63) is 29.0 Å². The summed E-state index contributed by atoms with van der Waals surface area (Å²) in [7, 11) is 1.69. The van der Waals surface area contributed by atoms with Gasteiger partial charge in [-0.05, 0) is 24.6 Å². The number of hydrogen-bond donors (Lipinski definition) is 1. The molecule has 0 aromatic carbocycles. The van der Waals surface area contributed by atoms with Crippen LogP contribution in [-0.2, 0) is 17.9 Å². The van der Waals surface area contributed by atoms with Crippen LogP contribution in [0.15, 0.2) is 22.8 Å². The molecule has 2 aromatic heterocycles. The van der Waals surface area contributed by atoms with Crippen LogP contribution in [0.1, 0.15) is 24.4 Å². The van der Waals surface area contributed by atoms with Crippen molar-refractivity contribution in [3.63, 3.8) is 0 Å². The summed E-state index contributed by atoms with van der Waals surface area (Å²) in [5, 5.41) is 4.36. The average molecular weight is 280 g/mol. The van der Waals surface area contributed by atoms with Gasteiger partial charge in [-0.15, -0.1) is 11.3 Å². The molecule has 0 unspecified atom stereocenters. The highest BCUT2D eigenvalue weighted by molar-refractivity contribution is 7.15. The Balaban J connectivity index is 2.11. The zero-order valence-corrected chi connectivity index (χ0v) is 12.4. The second-order valence-electron chi connectivity index (χ2n) is 4.82. The third-order valence-corrected chi connectivity index (χ3v) is 3.74. The highest BCUT2D eigenvalue weighted by Crippen LogP contribution is 2.28. The minimum Gasteiger partial charge on any atom is -0.462 e. The number of methoxy groups -OCH3 is 1. The zero-order chi connectivity index (χ0) is 13.7. The van der Waals surface area contributed by atoms with Crippen molar-refractivity contribution in [3.8, 4) is 10.8 Å². The molecule has 4 nitrogen and oxygen atoms in total. The van der Waals surface area contributed by atoms with E-state index in [4.69, 9.17) is 9.15 Å². The molecule has 0 radical (unpaired) electrons. The van der Waals surface area contributed by atoms with E-state index in [9.17, 15) is 0 Å². The van der Waals surface area contributed by atoms with Gasteiger partial charge in [0.2, 0.25) is 0 Å².